The Labute approximate surface area is 139 Å². The molecule has 0 saturated carbocycles. The molecule has 0 aliphatic carbocycles. The molecular formula is C17H19N5O2. The summed E-state index contributed by atoms with van der Waals surface area (Å²) >= 11 is 0. The number of nitrogens with zero attached hydrogens (tertiary/aromatic N) is 3. The second-order valence-corrected chi connectivity index (χ2v) is 6.38. The van der Waals surface area contributed by atoms with Crippen molar-refractivity contribution in [2.75, 3.05) is 19.6 Å². The fourth-order valence-electron chi connectivity index (χ4n) is 3.87. The molecule has 2 aromatic rings. The Kier molecular flexibility index (Phi) is 3.86. The van der Waals surface area contributed by atoms with Gasteiger partial charge in [0.25, 0.3) is 11.5 Å². The maximum atomic E-state index is 12.4. The van der Waals surface area contributed by atoms with Crippen LogP contribution in [0.15, 0.2) is 41.6 Å². The molecule has 4 rings (SSSR count). The third kappa shape index (κ3) is 2.60. The van der Waals surface area contributed by atoms with Crippen LogP contribution in [-0.2, 0) is 0 Å². The van der Waals surface area contributed by atoms with Crippen molar-refractivity contribution in [3.8, 4) is 0 Å². The fraction of sp³-hybridized carbons (Fsp3) is 0.412. The molecule has 2 N–H and O–H groups in total. The molecule has 0 spiro atoms. The van der Waals surface area contributed by atoms with E-state index in [1.165, 1.54) is 18.6 Å². The van der Waals surface area contributed by atoms with E-state index in [0.29, 0.717) is 18.4 Å². The summed E-state index contributed by atoms with van der Waals surface area (Å²) in [6.07, 6.45) is 5.50. The van der Waals surface area contributed by atoms with Gasteiger partial charge in [0.1, 0.15) is 5.69 Å². The summed E-state index contributed by atoms with van der Waals surface area (Å²) in [5.74, 6) is 0.433. The molecule has 2 aliphatic heterocycles. The maximum Gasteiger partial charge on any atom is 0.271 e. The molecule has 1 fully saturated rings. The number of carbonyl (C=O) groups excluding carboxylic acids is 1. The second kappa shape index (κ2) is 6.16. The van der Waals surface area contributed by atoms with Crippen LogP contribution in [0.1, 0.15) is 34.6 Å². The number of carbonyl (C=O) groups is 1. The van der Waals surface area contributed by atoms with Gasteiger partial charge in [0.2, 0.25) is 0 Å². The molecule has 2 aromatic heterocycles. The van der Waals surface area contributed by atoms with Gasteiger partial charge in [-0.2, -0.15) is 0 Å². The molecule has 0 radical (unpaired) electrons. The van der Waals surface area contributed by atoms with Gasteiger partial charge in [-0.3, -0.25) is 14.6 Å². The van der Waals surface area contributed by atoms with Crippen molar-refractivity contribution in [2.24, 2.45) is 5.92 Å². The van der Waals surface area contributed by atoms with E-state index < -0.39 is 0 Å². The van der Waals surface area contributed by atoms with Gasteiger partial charge >= 0.3 is 0 Å². The van der Waals surface area contributed by atoms with E-state index in [-0.39, 0.29) is 23.2 Å². The van der Waals surface area contributed by atoms with Crippen LogP contribution in [0.2, 0.25) is 0 Å². The van der Waals surface area contributed by atoms with Crippen molar-refractivity contribution in [3.05, 3.63) is 58.5 Å². The number of amides is 1. The predicted molar refractivity (Wildman–Crippen MR) is 87.8 cm³/mol. The number of nitrogens with one attached hydrogen (secondary N) is 2. The van der Waals surface area contributed by atoms with E-state index in [0.717, 1.165) is 25.2 Å². The maximum absolute atomic E-state index is 12.4. The first kappa shape index (κ1) is 15.0. The zero-order chi connectivity index (χ0) is 16.5. The van der Waals surface area contributed by atoms with Crippen LogP contribution in [0.5, 0.6) is 0 Å². The van der Waals surface area contributed by atoms with Crippen LogP contribution in [0.25, 0.3) is 0 Å². The Balaban J connectivity index is 1.60. The summed E-state index contributed by atoms with van der Waals surface area (Å²) in [6.45, 7) is 2.17. The molecule has 7 heteroatoms. The smallest absolute Gasteiger partial charge is 0.271 e. The van der Waals surface area contributed by atoms with Gasteiger partial charge in [-0.15, -0.1) is 0 Å². The van der Waals surface area contributed by atoms with Crippen molar-refractivity contribution in [1.82, 2.24) is 25.2 Å². The van der Waals surface area contributed by atoms with Crippen molar-refractivity contribution in [2.45, 2.75) is 18.4 Å². The normalized spacial score (nSPS) is 24.9. The highest BCUT2D eigenvalue weighted by Gasteiger charge is 2.37. The number of pyridine rings is 1. The first-order valence-corrected chi connectivity index (χ1v) is 8.20. The lowest BCUT2D eigenvalue weighted by Crippen LogP contribution is -2.50. The van der Waals surface area contributed by atoms with Gasteiger partial charge in [0.15, 0.2) is 0 Å². The summed E-state index contributed by atoms with van der Waals surface area (Å²) in [4.78, 5) is 32.6. The summed E-state index contributed by atoms with van der Waals surface area (Å²) in [5.41, 5.74) is 1.35. The molecule has 0 aromatic carbocycles. The zero-order valence-electron chi connectivity index (χ0n) is 13.2. The summed E-state index contributed by atoms with van der Waals surface area (Å²) in [7, 11) is 0. The van der Waals surface area contributed by atoms with Gasteiger partial charge in [-0.1, -0.05) is 6.07 Å². The second-order valence-electron chi connectivity index (χ2n) is 6.38. The molecule has 1 amide bonds. The molecule has 1 saturated heterocycles. The minimum atomic E-state index is -0.264. The predicted octanol–water partition coefficient (Wildman–Crippen LogP) is 0.316. The van der Waals surface area contributed by atoms with Crippen LogP contribution in [-0.4, -0.2) is 40.1 Å². The van der Waals surface area contributed by atoms with E-state index in [9.17, 15) is 9.59 Å². The van der Waals surface area contributed by atoms with Gasteiger partial charge < -0.3 is 15.2 Å². The van der Waals surface area contributed by atoms with Gasteiger partial charge in [0.05, 0.1) is 12.2 Å². The first-order valence-electron chi connectivity index (χ1n) is 8.20. The molecule has 24 heavy (non-hydrogen) atoms. The average Bonchev–Trinajstić information content (AvgIpc) is 2.63. The molecule has 2 bridgehead atoms. The molecule has 7 nitrogen and oxygen atoms in total. The Hall–Kier alpha value is -2.54. The van der Waals surface area contributed by atoms with E-state index in [4.69, 9.17) is 0 Å². The minimum Gasteiger partial charge on any atom is -0.349 e. The zero-order valence-corrected chi connectivity index (χ0v) is 13.2. The van der Waals surface area contributed by atoms with Crippen LogP contribution < -0.4 is 16.2 Å². The van der Waals surface area contributed by atoms with Crippen LogP contribution in [0, 0.1) is 5.92 Å². The highest BCUT2D eigenvalue weighted by molar-refractivity contribution is 5.91. The monoisotopic (exact) mass is 325 g/mol. The van der Waals surface area contributed by atoms with Gasteiger partial charge in [0, 0.05) is 49.7 Å². The standard InChI is InChI=1S/C17H19N5O2/c23-16-3-1-2-14-11-6-12(8-19-7-11)15(22(14)16)10-21-17(24)13-9-18-4-5-20-13/h1-5,9,11-12,15,19H,6-8,10H2,(H,21,24)/t11-,12+,15+/m1/s1. The van der Waals surface area contributed by atoms with Crippen molar-refractivity contribution < 1.29 is 4.79 Å². The molecular weight excluding hydrogens is 306 g/mol. The Morgan fingerprint density at radius 1 is 1.33 bits per heavy atom. The summed E-state index contributed by atoms with van der Waals surface area (Å²) in [5, 5.41) is 6.36. The van der Waals surface area contributed by atoms with Gasteiger partial charge in [-0.05, 0) is 18.4 Å². The molecule has 0 unspecified atom stereocenters. The number of hydrogen-bond acceptors (Lipinski definition) is 5. The highest BCUT2D eigenvalue weighted by Crippen LogP contribution is 2.37. The largest absolute Gasteiger partial charge is 0.349 e. The van der Waals surface area contributed by atoms with E-state index in [2.05, 4.69) is 20.6 Å². The van der Waals surface area contributed by atoms with Crippen molar-refractivity contribution >= 4 is 5.91 Å². The molecule has 3 atom stereocenters. The minimum absolute atomic E-state index is 0.00264. The third-order valence-electron chi connectivity index (χ3n) is 4.97. The number of hydrogen-bond donors (Lipinski definition) is 2. The van der Waals surface area contributed by atoms with E-state index in [1.807, 2.05) is 16.7 Å². The average molecular weight is 325 g/mol. The molecule has 2 aliphatic rings. The lowest BCUT2D eigenvalue weighted by atomic mass is 9.79. The Bertz CT molecular complexity index is 804. The van der Waals surface area contributed by atoms with E-state index >= 15 is 0 Å². The number of rotatable bonds is 3. The van der Waals surface area contributed by atoms with Crippen LogP contribution in [0.4, 0.5) is 0 Å². The molecule has 4 heterocycles. The Morgan fingerprint density at radius 2 is 2.25 bits per heavy atom. The number of aromatic nitrogens is 3. The topological polar surface area (TPSA) is 88.9 Å². The van der Waals surface area contributed by atoms with Gasteiger partial charge in [-0.25, -0.2) is 4.98 Å². The summed E-state index contributed by atoms with van der Waals surface area (Å²) in [6, 6.07) is 5.39. The molecule has 124 valence electrons. The number of fused-ring (bicyclic) bond motifs is 4. The fourth-order valence-corrected chi connectivity index (χ4v) is 3.87. The lowest BCUT2D eigenvalue weighted by Gasteiger charge is -2.43. The van der Waals surface area contributed by atoms with E-state index in [1.54, 1.807) is 6.07 Å². The highest BCUT2D eigenvalue weighted by atomic mass is 16.2. The van der Waals surface area contributed by atoms with Crippen molar-refractivity contribution in [3.63, 3.8) is 0 Å². The Morgan fingerprint density at radius 3 is 3.08 bits per heavy atom. The van der Waals surface area contributed by atoms with Crippen molar-refractivity contribution in [1.29, 1.82) is 0 Å². The first-order chi connectivity index (χ1) is 11.7. The lowest BCUT2D eigenvalue weighted by molar-refractivity contribution is 0.0927. The summed E-state index contributed by atoms with van der Waals surface area (Å²) < 4.78 is 1.87. The quantitative estimate of drug-likeness (QED) is 0.848. The SMILES string of the molecule is O=C(NC[C@H]1[C@@H]2CNC[C@@H](C2)c2cccc(=O)n21)c1cnccn1. The number of piperidine rings is 1. The van der Waals surface area contributed by atoms with Crippen LogP contribution in [0.3, 0.4) is 0 Å². The third-order valence-corrected chi connectivity index (χ3v) is 4.97. The van der Waals surface area contributed by atoms with Crippen LogP contribution >= 0.6 is 0 Å².